The molecule has 0 atom stereocenters. The van der Waals surface area contributed by atoms with E-state index in [1.807, 2.05) is 0 Å². The van der Waals surface area contributed by atoms with Crippen molar-refractivity contribution in [3.63, 3.8) is 0 Å². The summed E-state index contributed by atoms with van der Waals surface area (Å²) in [4.78, 5) is 11.6. The lowest BCUT2D eigenvalue weighted by molar-refractivity contribution is -0.297. The van der Waals surface area contributed by atoms with E-state index in [1.165, 1.54) is 30.3 Å². The second-order valence-electron chi connectivity index (χ2n) is 6.50. The molecule has 15 heteroatoms. The predicted molar refractivity (Wildman–Crippen MR) is 93.8 cm³/mol. The van der Waals surface area contributed by atoms with Gasteiger partial charge in [0.1, 0.15) is 7.85 Å². The maximum Gasteiger partial charge on any atom is 0.461 e. The topological polar surface area (TPSA) is 51.6 Å². The number of aromatic nitrogens is 4. The first-order valence-electron chi connectivity index (χ1n) is 8.52. The van der Waals surface area contributed by atoms with E-state index in [9.17, 15) is 43.9 Å². The third kappa shape index (κ3) is 4.62. The lowest BCUT2D eigenvalue weighted by Gasteiger charge is -2.22. The number of hydrogen-bond acceptors (Lipinski definition) is 4. The van der Waals surface area contributed by atoms with Crippen LogP contribution >= 0.6 is 0 Å². The minimum absolute atomic E-state index is 0.231. The highest BCUT2D eigenvalue weighted by molar-refractivity contribution is 6.32. The standard InChI is InChI=1S/C18H7BF10N4/c19-10-4-1-8(2-5-10)11-6-3-9(7-30-11)12-31-13(15(20,21)17(24,25)26)33-14(32-12)16(22,23)18(27,28)29/h1-7H. The minimum Gasteiger partial charge on any atom is -0.255 e. The van der Waals surface area contributed by atoms with E-state index in [2.05, 4.69) is 19.9 Å². The van der Waals surface area contributed by atoms with Crippen molar-refractivity contribution in [1.82, 2.24) is 19.9 Å². The summed E-state index contributed by atoms with van der Waals surface area (Å²) in [6.07, 6.45) is -12.0. The summed E-state index contributed by atoms with van der Waals surface area (Å²) in [6.45, 7) is 0. The molecule has 3 rings (SSSR count). The van der Waals surface area contributed by atoms with E-state index in [-0.39, 0.29) is 5.69 Å². The van der Waals surface area contributed by atoms with Gasteiger partial charge >= 0.3 is 24.2 Å². The Kier molecular flexibility index (Phi) is 5.88. The molecule has 1 aromatic carbocycles. The van der Waals surface area contributed by atoms with Gasteiger partial charge in [-0.25, -0.2) is 15.0 Å². The van der Waals surface area contributed by atoms with Gasteiger partial charge in [-0.05, 0) is 12.1 Å². The average Bonchev–Trinajstić information content (AvgIpc) is 2.72. The van der Waals surface area contributed by atoms with Crippen molar-refractivity contribution < 1.29 is 43.9 Å². The quantitative estimate of drug-likeness (QED) is 0.402. The lowest BCUT2D eigenvalue weighted by atomic mass is 9.95. The normalized spacial score (nSPS) is 13.3. The molecule has 0 unspecified atom stereocenters. The highest BCUT2D eigenvalue weighted by Crippen LogP contribution is 2.46. The molecule has 2 aromatic heterocycles. The molecule has 0 N–H and O–H groups in total. The van der Waals surface area contributed by atoms with Crippen LogP contribution < -0.4 is 5.46 Å². The summed E-state index contributed by atoms with van der Waals surface area (Å²) in [7, 11) is 5.54. The van der Waals surface area contributed by atoms with Crippen molar-refractivity contribution in [1.29, 1.82) is 0 Å². The fourth-order valence-corrected chi connectivity index (χ4v) is 2.39. The Morgan fingerprint density at radius 1 is 0.576 bits per heavy atom. The van der Waals surface area contributed by atoms with Gasteiger partial charge in [-0.15, -0.1) is 0 Å². The molecule has 172 valence electrons. The van der Waals surface area contributed by atoms with Gasteiger partial charge in [0.15, 0.2) is 5.82 Å². The van der Waals surface area contributed by atoms with Crippen molar-refractivity contribution >= 4 is 13.3 Å². The summed E-state index contributed by atoms with van der Waals surface area (Å²) < 4.78 is 131. The summed E-state index contributed by atoms with van der Waals surface area (Å²) in [5.41, 5.74) is 0.612. The summed E-state index contributed by atoms with van der Waals surface area (Å²) in [6, 6.07) is 8.25. The summed E-state index contributed by atoms with van der Waals surface area (Å²) in [5, 5.41) is 0. The molecule has 0 saturated heterocycles. The molecule has 0 aliphatic heterocycles. The molecule has 3 aromatic rings. The third-order valence-electron chi connectivity index (χ3n) is 4.14. The van der Waals surface area contributed by atoms with E-state index < -0.39 is 47.2 Å². The van der Waals surface area contributed by atoms with Crippen molar-refractivity contribution in [2.45, 2.75) is 24.2 Å². The number of hydrogen-bond donors (Lipinski definition) is 0. The number of rotatable bonds is 4. The van der Waals surface area contributed by atoms with Crippen LogP contribution in [0.1, 0.15) is 11.6 Å². The van der Waals surface area contributed by atoms with Crippen molar-refractivity contribution in [2.24, 2.45) is 0 Å². The zero-order valence-corrected chi connectivity index (χ0v) is 15.7. The van der Waals surface area contributed by atoms with Crippen LogP contribution in [0.5, 0.6) is 0 Å². The number of alkyl halides is 10. The first-order chi connectivity index (χ1) is 15.0. The molecule has 0 aliphatic rings. The molecule has 0 fully saturated rings. The van der Waals surface area contributed by atoms with Gasteiger partial charge in [0.25, 0.3) is 0 Å². The fraction of sp³-hybridized carbons (Fsp3) is 0.222. The van der Waals surface area contributed by atoms with Crippen molar-refractivity contribution in [3.05, 3.63) is 54.2 Å². The molecule has 4 nitrogen and oxygen atoms in total. The van der Waals surface area contributed by atoms with Crippen LogP contribution in [-0.4, -0.2) is 40.1 Å². The molecule has 2 radical (unpaired) electrons. The van der Waals surface area contributed by atoms with Crippen molar-refractivity contribution in [2.75, 3.05) is 0 Å². The smallest absolute Gasteiger partial charge is 0.255 e. The summed E-state index contributed by atoms with van der Waals surface area (Å²) in [5.74, 6) is -18.4. The number of nitrogens with zero attached hydrogens (tertiary/aromatic N) is 4. The van der Waals surface area contributed by atoms with Gasteiger partial charge in [-0.3, -0.25) is 4.98 Å². The van der Waals surface area contributed by atoms with Crippen LogP contribution in [0.3, 0.4) is 0 Å². The largest absolute Gasteiger partial charge is 0.461 e. The molecule has 0 saturated carbocycles. The number of pyridine rings is 1. The Morgan fingerprint density at radius 2 is 1.03 bits per heavy atom. The van der Waals surface area contributed by atoms with Gasteiger partial charge in [-0.1, -0.05) is 29.7 Å². The monoisotopic (exact) mass is 480 g/mol. The Labute approximate surface area is 179 Å². The first kappa shape index (κ1) is 24.4. The SMILES string of the molecule is [B]c1ccc(-c2ccc(-c3nc(C(F)(F)C(F)(F)F)nc(C(F)(F)C(F)(F)F)n3)cn2)cc1. The van der Waals surface area contributed by atoms with E-state index in [4.69, 9.17) is 7.85 Å². The van der Waals surface area contributed by atoms with E-state index in [0.29, 0.717) is 11.0 Å². The molecule has 0 bridgehead atoms. The first-order valence-corrected chi connectivity index (χ1v) is 8.52. The number of halogens is 10. The van der Waals surface area contributed by atoms with Gasteiger partial charge in [0, 0.05) is 17.3 Å². The maximum atomic E-state index is 13.7. The van der Waals surface area contributed by atoms with Gasteiger partial charge in [0.2, 0.25) is 11.6 Å². The highest BCUT2D eigenvalue weighted by Gasteiger charge is 2.64. The van der Waals surface area contributed by atoms with E-state index in [1.54, 1.807) is 0 Å². The van der Waals surface area contributed by atoms with Crippen LogP contribution in [0, 0.1) is 0 Å². The molecule has 0 spiro atoms. The molecule has 0 amide bonds. The van der Waals surface area contributed by atoms with Crippen LogP contribution in [0.25, 0.3) is 22.6 Å². The molecule has 2 heterocycles. The highest BCUT2D eigenvalue weighted by atomic mass is 19.4. The molecule has 33 heavy (non-hydrogen) atoms. The zero-order valence-electron chi connectivity index (χ0n) is 15.7. The zero-order chi connectivity index (χ0) is 24.8. The third-order valence-corrected chi connectivity index (χ3v) is 4.14. The predicted octanol–water partition coefficient (Wildman–Crippen LogP) is 4.70. The fourth-order valence-electron chi connectivity index (χ4n) is 2.39. The van der Waals surface area contributed by atoms with Crippen LogP contribution in [-0.2, 0) is 11.8 Å². The van der Waals surface area contributed by atoms with Crippen LogP contribution in [0.15, 0.2) is 42.6 Å². The maximum absolute atomic E-state index is 13.7. The average molecular weight is 480 g/mol. The van der Waals surface area contributed by atoms with Gasteiger partial charge in [0.05, 0.1) is 5.69 Å². The van der Waals surface area contributed by atoms with Gasteiger partial charge < -0.3 is 0 Å². The van der Waals surface area contributed by atoms with E-state index >= 15 is 0 Å². The van der Waals surface area contributed by atoms with E-state index in [0.717, 1.165) is 12.3 Å². The molecule has 0 aliphatic carbocycles. The van der Waals surface area contributed by atoms with Crippen molar-refractivity contribution in [3.8, 4) is 22.6 Å². The van der Waals surface area contributed by atoms with Crippen LogP contribution in [0.4, 0.5) is 43.9 Å². The Hall–Kier alpha value is -3.26. The lowest BCUT2D eigenvalue weighted by Crippen LogP contribution is -2.39. The Balaban J connectivity index is 2.15. The second kappa shape index (κ2) is 7.95. The minimum atomic E-state index is -6.38. The summed E-state index contributed by atoms with van der Waals surface area (Å²) >= 11 is 0. The Morgan fingerprint density at radius 3 is 1.42 bits per heavy atom. The second-order valence-corrected chi connectivity index (χ2v) is 6.50. The number of benzene rings is 1. The Bertz CT molecular complexity index is 1100. The van der Waals surface area contributed by atoms with Crippen LogP contribution in [0.2, 0.25) is 0 Å². The molecular formula is C18H7BF10N4. The van der Waals surface area contributed by atoms with Gasteiger partial charge in [-0.2, -0.15) is 43.9 Å². The molecular weight excluding hydrogens is 473 g/mol.